The van der Waals surface area contributed by atoms with Gasteiger partial charge in [-0.25, -0.2) is 0 Å². The summed E-state index contributed by atoms with van der Waals surface area (Å²) in [5, 5.41) is 11.6. The summed E-state index contributed by atoms with van der Waals surface area (Å²) in [5.74, 6) is -2.46. The first-order chi connectivity index (χ1) is 10.9. The van der Waals surface area contributed by atoms with E-state index in [9.17, 15) is 14.7 Å². The predicted molar refractivity (Wildman–Crippen MR) is 86.7 cm³/mol. The lowest BCUT2D eigenvalue weighted by molar-refractivity contribution is -0.313. The summed E-state index contributed by atoms with van der Waals surface area (Å²) in [6, 6.07) is 7.94. The van der Waals surface area contributed by atoms with Crippen LogP contribution in [0, 0.1) is 11.8 Å². The van der Waals surface area contributed by atoms with Crippen LogP contribution >= 0.6 is 0 Å². The molecule has 4 heteroatoms. The standard InChI is InChI=1S/C19H23NO3/c1-11-8-15(16(19(22)23)9-12(11)2)18(21)20-13(3)10-14-6-4-5-7-17(14)20/h4-7,13,15-16H,8-10H2,1-3H3,(H,22,23)/p-1/t13-,15-,16-/m0/s1. The van der Waals surface area contributed by atoms with Crippen molar-refractivity contribution in [2.24, 2.45) is 11.8 Å². The van der Waals surface area contributed by atoms with Gasteiger partial charge in [-0.05, 0) is 51.7 Å². The average Bonchev–Trinajstić information content (AvgIpc) is 2.84. The molecule has 1 heterocycles. The van der Waals surface area contributed by atoms with Crippen LogP contribution in [0.2, 0.25) is 0 Å². The Morgan fingerprint density at radius 3 is 2.30 bits per heavy atom. The number of benzene rings is 1. The molecule has 3 atom stereocenters. The summed E-state index contributed by atoms with van der Waals surface area (Å²) >= 11 is 0. The minimum atomic E-state index is -1.12. The van der Waals surface area contributed by atoms with Crippen molar-refractivity contribution in [3.05, 3.63) is 41.0 Å². The summed E-state index contributed by atoms with van der Waals surface area (Å²) < 4.78 is 0. The van der Waals surface area contributed by atoms with E-state index < -0.39 is 17.8 Å². The van der Waals surface area contributed by atoms with E-state index in [0.29, 0.717) is 12.8 Å². The molecular formula is C19H22NO3-. The van der Waals surface area contributed by atoms with Crippen LogP contribution in [0.5, 0.6) is 0 Å². The van der Waals surface area contributed by atoms with Crippen LogP contribution in [0.1, 0.15) is 39.2 Å². The van der Waals surface area contributed by atoms with Crippen molar-refractivity contribution in [1.82, 2.24) is 0 Å². The highest BCUT2D eigenvalue weighted by Crippen LogP contribution is 2.39. The Balaban J connectivity index is 1.94. The Hall–Kier alpha value is -2.10. The number of hydrogen-bond acceptors (Lipinski definition) is 3. The van der Waals surface area contributed by atoms with E-state index >= 15 is 0 Å². The molecule has 4 nitrogen and oxygen atoms in total. The highest BCUT2D eigenvalue weighted by molar-refractivity contribution is 5.99. The number of carboxylic acids is 1. The van der Waals surface area contributed by atoms with E-state index in [1.54, 1.807) is 4.90 Å². The van der Waals surface area contributed by atoms with E-state index in [2.05, 4.69) is 0 Å². The summed E-state index contributed by atoms with van der Waals surface area (Å²) in [6.07, 6.45) is 1.74. The van der Waals surface area contributed by atoms with Gasteiger partial charge in [-0.2, -0.15) is 0 Å². The number of allylic oxidation sites excluding steroid dienone is 2. The van der Waals surface area contributed by atoms with Gasteiger partial charge in [0.25, 0.3) is 0 Å². The van der Waals surface area contributed by atoms with Gasteiger partial charge < -0.3 is 14.8 Å². The Morgan fingerprint density at radius 2 is 1.65 bits per heavy atom. The molecule has 1 amide bonds. The molecule has 0 spiro atoms. The van der Waals surface area contributed by atoms with Gasteiger partial charge in [-0.3, -0.25) is 4.79 Å². The molecular weight excluding hydrogens is 290 g/mol. The maximum atomic E-state index is 13.2. The van der Waals surface area contributed by atoms with Gasteiger partial charge in [0.15, 0.2) is 0 Å². The molecule has 0 bridgehead atoms. The number of anilines is 1. The van der Waals surface area contributed by atoms with E-state index in [4.69, 9.17) is 0 Å². The SMILES string of the molecule is CC1=C(C)C[C@H](C(=O)N2c3ccccc3C[C@@H]2C)[C@@H](C(=O)[O-])C1. The molecule has 1 aromatic rings. The maximum Gasteiger partial charge on any atom is 0.231 e. The second-order valence-electron chi connectivity index (χ2n) is 6.89. The number of carboxylic acid groups (broad SMARTS) is 1. The first kappa shape index (κ1) is 15.8. The first-order valence-electron chi connectivity index (χ1n) is 8.17. The summed E-state index contributed by atoms with van der Waals surface area (Å²) in [5.41, 5.74) is 4.27. The highest BCUT2D eigenvalue weighted by Gasteiger charge is 2.40. The van der Waals surface area contributed by atoms with E-state index in [-0.39, 0.29) is 11.9 Å². The smallest absolute Gasteiger partial charge is 0.231 e. The molecule has 3 rings (SSSR count). The van der Waals surface area contributed by atoms with Gasteiger partial charge in [-0.1, -0.05) is 29.3 Å². The Morgan fingerprint density at radius 1 is 1.04 bits per heavy atom. The zero-order valence-corrected chi connectivity index (χ0v) is 13.8. The maximum absolute atomic E-state index is 13.2. The molecule has 0 fully saturated rings. The Labute approximate surface area is 136 Å². The molecule has 1 aromatic carbocycles. The first-order valence-corrected chi connectivity index (χ1v) is 8.17. The van der Waals surface area contributed by atoms with Crippen molar-refractivity contribution < 1.29 is 14.7 Å². The van der Waals surface area contributed by atoms with E-state index in [1.165, 1.54) is 0 Å². The third kappa shape index (κ3) is 2.67. The molecule has 0 saturated carbocycles. The molecule has 0 unspecified atom stereocenters. The number of amides is 1. The molecule has 0 radical (unpaired) electrons. The van der Waals surface area contributed by atoms with Crippen LogP contribution < -0.4 is 10.0 Å². The van der Waals surface area contributed by atoms with Crippen LogP contribution in [-0.2, 0) is 16.0 Å². The van der Waals surface area contributed by atoms with Crippen LogP contribution in [0.25, 0.3) is 0 Å². The number of para-hydroxylation sites is 1. The van der Waals surface area contributed by atoms with Gasteiger partial charge in [-0.15, -0.1) is 0 Å². The lowest BCUT2D eigenvalue weighted by atomic mass is 9.75. The van der Waals surface area contributed by atoms with E-state index in [0.717, 1.165) is 28.8 Å². The van der Waals surface area contributed by atoms with Crippen molar-refractivity contribution in [3.63, 3.8) is 0 Å². The molecule has 0 aromatic heterocycles. The average molecular weight is 312 g/mol. The molecule has 0 saturated heterocycles. The lowest BCUT2D eigenvalue weighted by Gasteiger charge is -2.36. The summed E-state index contributed by atoms with van der Waals surface area (Å²) in [4.78, 5) is 26.5. The lowest BCUT2D eigenvalue weighted by Crippen LogP contribution is -2.48. The van der Waals surface area contributed by atoms with Gasteiger partial charge >= 0.3 is 0 Å². The van der Waals surface area contributed by atoms with Crippen LogP contribution in [0.4, 0.5) is 5.69 Å². The quantitative estimate of drug-likeness (QED) is 0.786. The van der Waals surface area contributed by atoms with Crippen LogP contribution in [0.15, 0.2) is 35.4 Å². The predicted octanol–water partition coefficient (Wildman–Crippen LogP) is 2.08. The molecule has 23 heavy (non-hydrogen) atoms. The van der Waals surface area contributed by atoms with Gasteiger partial charge in [0, 0.05) is 23.6 Å². The van der Waals surface area contributed by atoms with Crippen molar-refractivity contribution >= 4 is 17.6 Å². The number of carbonyl (C=O) groups excluding carboxylic acids is 2. The van der Waals surface area contributed by atoms with Gasteiger partial charge in [0.2, 0.25) is 5.91 Å². The largest absolute Gasteiger partial charge is 0.550 e. The topological polar surface area (TPSA) is 60.4 Å². The fourth-order valence-corrected chi connectivity index (χ4v) is 3.88. The molecule has 0 N–H and O–H groups in total. The fraction of sp³-hybridized carbons (Fsp3) is 0.474. The number of nitrogens with zero attached hydrogens (tertiary/aromatic N) is 1. The third-order valence-electron chi connectivity index (χ3n) is 5.33. The Bertz CT molecular complexity index is 692. The highest BCUT2D eigenvalue weighted by atomic mass is 16.4. The number of rotatable bonds is 2. The number of fused-ring (bicyclic) bond motifs is 1. The zero-order chi connectivity index (χ0) is 16.7. The monoisotopic (exact) mass is 312 g/mol. The van der Waals surface area contributed by atoms with Crippen molar-refractivity contribution in [2.75, 3.05) is 4.90 Å². The van der Waals surface area contributed by atoms with Crippen LogP contribution in [0.3, 0.4) is 0 Å². The molecule has 1 aliphatic heterocycles. The molecule has 122 valence electrons. The van der Waals surface area contributed by atoms with Gasteiger partial charge in [0.05, 0.1) is 5.92 Å². The van der Waals surface area contributed by atoms with Crippen molar-refractivity contribution in [1.29, 1.82) is 0 Å². The molecule has 2 aliphatic rings. The second kappa shape index (κ2) is 5.84. The zero-order valence-electron chi connectivity index (χ0n) is 13.8. The molecule has 1 aliphatic carbocycles. The fourth-order valence-electron chi connectivity index (χ4n) is 3.88. The number of aliphatic carboxylic acids is 1. The Kier molecular flexibility index (Phi) is 4.00. The van der Waals surface area contributed by atoms with E-state index in [1.807, 2.05) is 45.0 Å². The van der Waals surface area contributed by atoms with Crippen molar-refractivity contribution in [2.45, 2.75) is 46.1 Å². The third-order valence-corrected chi connectivity index (χ3v) is 5.33. The summed E-state index contributed by atoms with van der Waals surface area (Å²) in [7, 11) is 0. The second-order valence-corrected chi connectivity index (χ2v) is 6.89. The number of hydrogen-bond donors (Lipinski definition) is 0. The van der Waals surface area contributed by atoms with Gasteiger partial charge in [0.1, 0.15) is 0 Å². The van der Waals surface area contributed by atoms with Crippen molar-refractivity contribution in [3.8, 4) is 0 Å². The number of carbonyl (C=O) groups is 2. The summed E-state index contributed by atoms with van der Waals surface area (Å²) in [6.45, 7) is 5.95. The minimum absolute atomic E-state index is 0.0645. The van der Waals surface area contributed by atoms with Crippen LogP contribution in [-0.4, -0.2) is 17.9 Å². The minimum Gasteiger partial charge on any atom is -0.550 e. The normalized spacial score (nSPS) is 27.1.